The van der Waals surface area contributed by atoms with Crippen LogP contribution in [0.15, 0.2) is 24.3 Å². The maximum absolute atomic E-state index is 5.82. The van der Waals surface area contributed by atoms with Gasteiger partial charge in [-0.15, -0.1) is 0 Å². The van der Waals surface area contributed by atoms with Gasteiger partial charge in [-0.2, -0.15) is 0 Å². The zero-order valence-corrected chi connectivity index (χ0v) is 12.8. The zero-order valence-electron chi connectivity index (χ0n) is 12.8. The fourth-order valence-electron chi connectivity index (χ4n) is 2.12. The van der Waals surface area contributed by atoms with Crippen molar-refractivity contribution in [2.45, 2.75) is 33.9 Å². The first-order chi connectivity index (χ1) is 9.00. The van der Waals surface area contributed by atoms with E-state index < -0.39 is 0 Å². The quantitative estimate of drug-likeness (QED) is 0.784. The summed E-state index contributed by atoms with van der Waals surface area (Å²) in [5.74, 6) is 0. The summed E-state index contributed by atoms with van der Waals surface area (Å²) in [7, 11) is 1.72. The predicted molar refractivity (Wildman–Crippen MR) is 80.9 cm³/mol. The Hall–Kier alpha value is -0.900. The molecule has 1 aromatic rings. The van der Waals surface area contributed by atoms with Crippen LogP contribution in [0.4, 0.5) is 0 Å². The molecule has 0 bridgehead atoms. The molecule has 0 heterocycles. The Kier molecular flexibility index (Phi) is 6.49. The van der Waals surface area contributed by atoms with Gasteiger partial charge in [0.25, 0.3) is 0 Å². The second kappa shape index (κ2) is 7.63. The molecule has 1 aromatic carbocycles. The normalized spacial score (nSPS) is 12.1. The molecular formula is C16H28N2O. The first-order valence-corrected chi connectivity index (χ1v) is 7.00. The standard InChI is InChI=1S/C16H28N2O/c1-5-18(13-16(2,3)12-17)10-14-6-8-15(9-7-14)11-19-4/h6-9H,5,10-13,17H2,1-4H3. The summed E-state index contributed by atoms with van der Waals surface area (Å²) in [4.78, 5) is 2.44. The van der Waals surface area contributed by atoms with Gasteiger partial charge < -0.3 is 10.5 Å². The maximum Gasteiger partial charge on any atom is 0.0713 e. The van der Waals surface area contributed by atoms with E-state index in [9.17, 15) is 0 Å². The highest BCUT2D eigenvalue weighted by Gasteiger charge is 2.19. The van der Waals surface area contributed by atoms with Gasteiger partial charge in [-0.3, -0.25) is 4.90 Å². The van der Waals surface area contributed by atoms with Crippen molar-refractivity contribution in [1.82, 2.24) is 4.90 Å². The Morgan fingerprint density at radius 1 is 1.16 bits per heavy atom. The number of methoxy groups -OCH3 is 1. The van der Waals surface area contributed by atoms with E-state index in [0.29, 0.717) is 6.61 Å². The van der Waals surface area contributed by atoms with Crippen molar-refractivity contribution in [3.8, 4) is 0 Å². The molecule has 3 nitrogen and oxygen atoms in total. The largest absolute Gasteiger partial charge is 0.380 e. The van der Waals surface area contributed by atoms with Crippen molar-refractivity contribution in [1.29, 1.82) is 0 Å². The number of nitrogens with zero attached hydrogens (tertiary/aromatic N) is 1. The smallest absolute Gasteiger partial charge is 0.0713 e. The molecule has 0 radical (unpaired) electrons. The fourth-order valence-corrected chi connectivity index (χ4v) is 2.12. The van der Waals surface area contributed by atoms with Crippen LogP contribution < -0.4 is 5.73 Å². The average Bonchev–Trinajstić information content (AvgIpc) is 2.40. The summed E-state index contributed by atoms with van der Waals surface area (Å²) >= 11 is 0. The van der Waals surface area contributed by atoms with Crippen molar-refractivity contribution >= 4 is 0 Å². The van der Waals surface area contributed by atoms with Crippen LogP contribution in [0.3, 0.4) is 0 Å². The Morgan fingerprint density at radius 2 is 1.74 bits per heavy atom. The lowest BCUT2D eigenvalue weighted by atomic mass is 9.93. The van der Waals surface area contributed by atoms with Gasteiger partial charge in [0.05, 0.1) is 6.61 Å². The highest BCUT2D eigenvalue weighted by atomic mass is 16.5. The van der Waals surface area contributed by atoms with Gasteiger partial charge in [0.2, 0.25) is 0 Å². The van der Waals surface area contributed by atoms with Crippen LogP contribution in [0.25, 0.3) is 0 Å². The molecule has 0 saturated heterocycles. The van der Waals surface area contributed by atoms with Gasteiger partial charge in [0, 0.05) is 20.2 Å². The maximum atomic E-state index is 5.82. The first kappa shape index (κ1) is 16.2. The summed E-state index contributed by atoms with van der Waals surface area (Å²) in [5, 5.41) is 0. The molecule has 108 valence electrons. The van der Waals surface area contributed by atoms with E-state index in [0.717, 1.165) is 26.2 Å². The minimum absolute atomic E-state index is 0.173. The van der Waals surface area contributed by atoms with E-state index in [1.54, 1.807) is 7.11 Å². The van der Waals surface area contributed by atoms with Crippen LogP contribution in [0, 0.1) is 5.41 Å². The number of hydrogen-bond donors (Lipinski definition) is 1. The molecule has 0 unspecified atom stereocenters. The lowest BCUT2D eigenvalue weighted by Gasteiger charge is -2.31. The molecule has 0 aliphatic heterocycles. The monoisotopic (exact) mass is 264 g/mol. The third-order valence-corrected chi connectivity index (χ3v) is 3.39. The summed E-state index contributed by atoms with van der Waals surface area (Å²) < 4.78 is 5.13. The number of ether oxygens (including phenoxy) is 1. The molecule has 0 saturated carbocycles. The topological polar surface area (TPSA) is 38.5 Å². The molecule has 0 amide bonds. The van der Waals surface area contributed by atoms with Crippen LogP contribution in [-0.4, -0.2) is 31.6 Å². The van der Waals surface area contributed by atoms with Gasteiger partial charge >= 0.3 is 0 Å². The first-order valence-electron chi connectivity index (χ1n) is 7.00. The number of nitrogens with two attached hydrogens (primary N) is 1. The van der Waals surface area contributed by atoms with Crippen LogP contribution in [0.1, 0.15) is 31.9 Å². The predicted octanol–water partition coefficient (Wildman–Crippen LogP) is 2.64. The Morgan fingerprint density at radius 3 is 2.21 bits per heavy atom. The van der Waals surface area contributed by atoms with Crippen molar-refractivity contribution in [2.24, 2.45) is 11.1 Å². The number of benzene rings is 1. The second-order valence-electron chi connectivity index (χ2n) is 5.92. The van der Waals surface area contributed by atoms with Gasteiger partial charge in [-0.25, -0.2) is 0 Å². The summed E-state index contributed by atoms with van der Waals surface area (Å²) in [6.07, 6.45) is 0. The van der Waals surface area contributed by atoms with Crippen molar-refractivity contribution < 1.29 is 4.74 Å². The molecule has 2 N–H and O–H groups in total. The van der Waals surface area contributed by atoms with Crippen LogP contribution in [-0.2, 0) is 17.9 Å². The van der Waals surface area contributed by atoms with Gasteiger partial charge in [0.15, 0.2) is 0 Å². The summed E-state index contributed by atoms with van der Waals surface area (Å²) in [6, 6.07) is 8.65. The molecule has 0 aliphatic rings. The molecule has 0 atom stereocenters. The molecule has 19 heavy (non-hydrogen) atoms. The highest BCUT2D eigenvalue weighted by Crippen LogP contribution is 2.17. The third-order valence-electron chi connectivity index (χ3n) is 3.39. The number of rotatable bonds is 8. The molecule has 1 rings (SSSR count). The Bertz CT molecular complexity index is 360. The van der Waals surface area contributed by atoms with Crippen molar-refractivity contribution in [3.05, 3.63) is 35.4 Å². The Balaban J connectivity index is 2.60. The fraction of sp³-hybridized carbons (Fsp3) is 0.625. The van der Waals surface area contributed by atoms with Gasteiger partial charge in [-0.05, 0) is 29.6 Å². The second-order valence-corrected chi connectivity index (χ2v) is 5.92. The molecule has 3 heteroatoms. The zero-order chi connectivity index (χ0) is 14.3. The van der Waals surface area contributed by atoms with Gasteiger partial charge in [-0.1, -0.05) is 45.0 Å². The minimum Gasteiger partial charge on any atom is -0.380 e. The molecule has 0 aliphatic carbocycles. The lowest BCUT2D eigenvalue weighted by Crippen LogP contribution is -2.38. The van der Waals surface area contributed by atoms with E-state index >= 15 is 0 Å². The summed E-state index contributed by atoms with van der Waals surface area (Å²) in [6.45, 7) is 11.1. The van der Waals surface area contributed by atoms with Crippen LogP contribution >= 0.6 is 0 Å². The SMILES string of the molecule is CCN(Cc1ccc(COC)cc1)CC(C)(C)CN. The Labute approximate surface area is 117 Å². The average molecular weight is 264 g/mol. The molecular weight excluding hydrogens is 236 g/mol. The van der Waals surface area contributed by atoms with E-state index in [2.05, 4.69) is 49.9 Å². The highest BCUT2D eigenvalue weighted by molar-refractivity contribution is 5.22. The van der Waals surface area contributed by atoms with E-state index in [1.165, 1.54) is 11.1 Å². The molecule has 0 aromatic heterocycles. The minimum atomic E-state index is 0.173. The molecule has 0 fully saturated rings. The summed E-state index contributed by atoms with van der Waals surface area (Å²) in [5.41, 5.74) is 8.55. The van der Waals surface area contributed by atoms with Crippen LogP contribution in [0.5, 0.6) is 0 Å². The lowest BCUT2D eigenvalue weighted by molar-refractivity contribution is 0.182. The van der Waals surface area contributed by atoms with Crippen molar-refractivity contribution in [3.63, 3.8) is 0 Å². The van der Waals surface area contributed by atoms with E-state index in [1.807, 2.05) is 0 Å². The van der Waals surface area contributed by atoms with E-state index in [4.69, 9.17) is 10.5 Å². The van der Waals surface area contributed by atoms with Crippen LogP contribution in [0.2, 0.25) is 0 Å². The van der Waals surface area contributed by atoms with Gasteiger partial charge in [0.1, 0.15) is 0 Å². The molecule has 0 spiro atoms. The van der Waals surface area contributed by atoms with E-state index in [-0.39, 0.29) is 5.41 Å². The third kappa shape index (κ3) is 5.72. The van der Waals surface area contributed by atoms with Crippen molar-refractivity contribution in [2.75, 3.05) is 26.7 Å². The number of hydrogen-bond acceptors (Lipinski definition) is 3.